The van der Waals surface area contributed by atoms with Gasteiger partial charge in [0, 0.05) is 18.1 Å². The first-order valence-electron chi connectivity index (χ1n) is 8.83. The van der Waals surface area contributed by atoms with E-state index in [1.54, 1.807) is 12.1 Å². The van der Waals surface area contributed by atoms with Gasteiger partial charge < -0.3 is 9.84 Å². The minimum atomic E-state index is -0.534. The van der Waals surface area contributed by atoms with Crippen LogP contribution in [-0.4, -0.2) is 35.8 Å². The lowest BCUT2D eigenvalue weighted by atomic mass is 10.1. The molecule has 0 saturated heterocycles. The second-order valence-electron chi connectivity index (χ2n) is 6.58. The molecule has 0 spiro atoms. The molecule has 1 unspecified atom stereocenters. The van der Waals surface area contributed by atoms with Crippen LogP contribution in [-0.2, 0) is 6.54 Å². The predicted octanol–water partition coefficient (Wildman–Crippen LogP) is 4.61. The molecule has 1 atom stereocenters. The number of hydrogen-bond acceptors (Lipinski definition) is 3. The van der Waals surface area contributed by atoms with Gasteiger partial charge >= 0.3 is 0 Å². The summed E-state index contributed by atoms with van der Waals surface area (Å²) in [5.74, 6) is 0.722. The van der Waals surface area contributed by atoms with Crippen LogP contribution in [0.5, 0.6) is 5.75 Å². The van der Waals surface area contributed by atoms with Crippen molar-refractivity contribution >= 4 is 11.6 Å². The van der Waals surface area contributed by atoms with E-state index in [-0.39, 0.29) is 6.61 Å². The number of benzene rings is 2. The van der Waals surface area contributed by atoms with Crippen LogP contribution in [0, 0.1) is 13.8 Å². The zero-order chi connectivity index (χ0) is 18.2. The lowest BCUT2D eigenvalue weighted by molar-refractivity contribution is 0.0655. The Balaban J connectivity index is 1.89. The molecule has 1 N–H and O–H groups in total. The zero-order valence-electron chi connectivity index (χ0n) is 15.3. The number of hydrogen-bond donors (Lipinski definition) is 1. The molecule has 2 aromatic carbocycles. The average Bonchev–Trinajstić information content (AvgIpc) is 2.57. The minimum Gasteiger partial charge on any atom is -0.491 e. The Morgan fingerprint density at radius 3 is 2.48 bits per heavy atom. The van der Waals surface area contributed by atoms with Crippen LogP contribution in [0.4, 0.5) is 0 Å². The summed E-state index contributed by atoms with van der Waals surface area (Å²) < 4.78 is 5.66. The van der Waals surface area contributed by atoms with Crippen LogP contribution in [0.2, 0.25) is 5.02 Å². The standard InChI is InChI=1S/C21H28ClNO2/c1-4-11-23(13-18-6-5-16(2)12-17(18)3)14-20(24)15-25-21-9-7-19(22)8-10-21/h5-10,12,20,24H,4,11,13-15H2,1-3H3. The summed E-state index contributed by atoms with van der Waals surface area (Å²) >= 11 is 5.87. The van der Waals surface area contributed by atoms with Crippen molar-refractivity contribution in [1.82, 2.24) is 4.90 Å². The molecule has 2 aromatic rings. The molecule has 0 aliphatic heterocycles. The predicted molar refractivity (Wildman–Crippen MR) is 104 cm³/mol. The van der Waals surface area contributed by atoms with Crippen molar-refractivity contribution in [3.05, 3.63) is 64.2 Å². The smallest absolute Gasteiger partial charge is 0.119 e. The lowest BCUT2D eigenvalue weighted by Gasteiger charge is -2.25. The number of ether oxygens (including phenoxy) is 1. The van der Waals surface area contributed by atoms with E-state index in [1.165, 1.54) is 16.7 Å². The maximum absolute atomic E-state index is 10.4. The van der Waals surface area contributed by atoms with Gasteiger partial charge in [-0.3, -0.25) is 4.90 Å². The molecular weight excluding hydrogens is 334 g/mol. The van der Waals surface area contributed by atoms with Crippen molar-refractivity contribution in [2.45, 2.75) is 39.8 Å². The molecule has 0 aliphatic carbocycles. The molecule has 0 heterocycles. The van der Waals surface area contributed by atoms with Crippen LogP contribution in [0.3, 0.4) is 0 Å². The molecule has 0 aromatic heterocycles. The molecule has 0 aliphatic rings. The normalized spacial score (nSPS) is 12.4. The Bertz CT molecular complexity index is 657. The summed E-state index contributed by atoms with van der Waals surface area (Å²) in [5, 5.41) is 11.0. The van der Waals surface area contributed by atoms with Gasteiger partial charge in [-0.25, -0.2) is 0 Å². The minimum absolute atomic E-state index is 0.273. The van der Waals surface area contributed by atoms with Gasteiger partial charge in [0.1, 0.15) is 18.5 Å². The third-order valence-corrected chi connectivity index (χ3v) is 4.41. The van der Waals surface area contributed by atoms with Gasteiger partial charge in [-0.2, -0.15) is 0 Å². The lowest BCUT2D eigenvalue weighted by Crippen LogP contribution is -2.36. The first kappa shape index (κ1) is 19.8. The zero-order valence-corrected chi connectivity index (χ0v) is 16.1. The SMILES string of the molecule is CCCN(Cc1ccc(C)cc1C)CC(O)COc1ccc(Cl)cc1. The molecule has 0 fully saturated rings. The van der Waals surface area contributed by atoms with Crippen LogP contribution in [0.15, 0.2) is 42.5 Å². The third-order valence-electron chi connectivity index (χ3n) is 4.16. The van der Waals surface area contributed by atoms with E-state index in [0.29, 0.717) is 11.6 Å². The molecule has 0 bridgehead atoms. The Labute approximate surface area is 156 Å². The van der Waals surface area contributed by atoms with E-state index in [0.717, 1.165) is 25.3 Å². The highest BCUT2D eigenvalue weighted by molar-refractivity contribution is 6.30. The monoisotopic (exact) mass is 361 g/mol. The van der Waals surface area contributed by atoms with Crippen molar-refractivity contribution in [2.24, 2.45) is 0 Å². The van der Waals surface area contributed by atoms with Crippen molar-refractivity contribution in [1.29, 1.82) is 0 Å². The van der Waals surface area contributed by atoms with Crippen molar-refractivity contribution in [3.63, 3.8) is 0 Å². The maximum Gasteiger partial charge on any atom is 0.119 e. The second kappa shape index (κ2) is 9.81. The highest BCUT2D eigenvalue weighted by atomic mass is 35.5. The van der Waals surface area contributed by atoms with E-state index in [9.17, 15) is 5.11 Å². The summed E-state index contributed by atoms with van der Waals surface area (Å²) in [6.07, 6.45) is 0.517. The Morgan fingerprint density at radius 1 is 1.12 bits per heavy atom. The third kappa shape index (κ3) is 6.69. The van der Waals surface area contributed by atoms with E-state index in [4.69, 9.17) is 16.3 Å². The van der Waals surface area contributed by atoms with Crippen molar-refractivity contribution < 1.29 is 9.84 Å². The Hall–Kier alpha value is -1.55. The van der Waals surface area contributed by atoms with Gasteiger partial charge in [0.25, 0.3) is 0 Å². The fourth-order valence-electron chi connectivity index (χ4n) is 2.89. The van der Waals surface area contributed by atoms with Gasteiger partial charge in [-0.05, 0) is 62.2 Å². The molecule has 3 nitrogen and oxygen atoms in total. The Kier molecular flexibility index (Phi) is 7.76. The molecular formula is C21H28ClNO2. The van der Waals surface area contributed by atoms with Gasteiger partial charge in [-0.1, -0.05) is 42.3 Å². The Morgan fingerprint density at radius 2 is 1.84 bits per heavy atom. The van der Waals surface area contributed by atoms with E-state index >= 15 is 0 Å². The molecule has 4 heteroatoms. The van der Waals surface area contributed by atoms with Crippen LogP contribution in [0.1, 0.15) is 30.0 Å². The summed E-state index contributed by atoms with van der Waals surface area (Å²) in [7, 11) is 0. The second-order valence-corrected chi connectivity index (χ2v) is 7.02. The molecule has 0 radical (unpaired) electrons. The number of aliphatic hydroxyl groups is 1. The van der Waals surface area contributed by atoms with Crippen molar-refractivity contribution in [3.8, 4) is 5.75 Å². The first-order valence-corrected chi connectivity index (χ1v) is 9.20. The molecule has 0 saturated carbocycles. The van der Waals surface area contributed by atoms with Crippen LogP contribution in [0.25, 0.3) is 0 Å². The van der Waals surface area contributed by atoms with Crippen molar-refractivity contribution in [2.75, 3.05) is 19.7 Å². The number of halogens is 1. The molecule has 136 valence electrons. The molecule has 25 heavy (non-hydrogen) atoms. The number of rotatable bonds is 9. The summed E-state index contributed by atoms with van der Waals surface area (Å²) in [5.41, 5.74) is 3.89. The number of aryl methyl sites for hydroxylation is 2. The van der Waals surface area contributed by atoms with Crippen LogP contribution < -0.4 is 4.74 Å². The van der Waals surface area contributed by atoms with Gasteiger partial charge in [0.15, 0.2) is 0 Å². The van der Waals surface area contributed by atoms with E-state index in [1.807, 2.05) is 12.1 Å². The van der Waals surface area contributed by atoms with Gasteiger partial charge in [-0.15, -0.1) is 0 Å². The topological polar surface area (TPSA) is 32.7 Å². The average molecular weight is 362 g/mol. The fraction of sp³-hybridized carbons (Fsp3) is 0.429. The van der Waals surface area contributed by atoms with E-state index in [2.05, 4.69) is 43.9 Å². The number of nitrogens with zero attached hydrogens (tertiary/aromatic N) is 1. The largest absolute Gasteiger partial charge is 0.491 e. The van der Waals surface area contributed by atoms with Gasteiger partial charge in [0.05, 0.1) is 0 Å². The quantitative estimate of drug-likeness (QED) is 0.708. The fourth-order valence-corrected chi connectivity index (χ4v) is 3.02. The first-order chi connectivity index (χ1) is 12.0. The summed E-state index contributed by atoms with van der Waals surface area (Å²) in [6.45, 7) is 9.07. The summed E-state index contributed by atoms with van der Waals surface area (Å²) in [6, 6.07) is 13.7. The summed E-state index contributed by atoms with van der Waals surface area (Å²) in [4.78, 5) is 2.29. The highest BCUT2D eigenvalue weighted by Crippen LogP contribution is 2.16. The molecule has 2 rings (SSSR count). The maximum atomic E-state index is 10.4. The molecule has 0 amide bonds. The highest BCUT2D eigenvalue weighted by Gasteiger charge is 2.13. The van der Waals surface area contributed by atoms with Gasteiger partial charge in [0.2, 0.25) is 0 Å². The number of aliphatic hydroxyl groups excluding tert-OH is 1. The van der Waals surface area contributed by atoms with E-state index < -0.39 is 6.10 Å². The van der Waals surface area contributed by atoms with Crippen LogP contribution >= 0.6 is 11.6 Å².